The van der Waals surface area contributed by atoms with Crippen molar-refractivity contribution in [3.8, 4) is 33.4 Å². The molecule has 10 aromatic rings. The standard InChI is InChI=1S/C42H25NOS.C4H8.CH3Cl/c1-3-16-38-31(10-1)35-15-7-13-30(42(35)44-38)28-19-21-37-36(23-28)34-14-6-12-29(41(34)43-37)27-9-5-8-25(22-27)26-18-20-33-32-11-2-4-17-39(32)45-40(33)24-26;1-3-4-2;1-2/h1-24,43H;3-4H,1-2H3;1H3/b;4-3-;. The highest BCUT2D eigenvalue weighted by atomic mass is 35.5. The summed E-state index contributed by atoms with van der Waals surface area (Å²) in [5.41, 5.74) is 11.3. The molecule has 10 rings (SSSR count). The van der Waals surface area contributed by atoms with E-state index in [1.54, 1.807) is 0 Å². The van der Waals surface area contributed by atoms with Gasteiger partial charge in [-0.05, 0) is 72.5 Å². The average molecular weight is 698 g/mol. The predicted octanol–water partition coefficient (Wildman–Crippen LogP) is 15.0. The molecule has 0 atom stereocenters. The van der Waals surface area contributed by atoms with E-state index in [-0.39, 0.29) is 0 Å². The van der Waals surface area contributed by atoms with Crippen LogP contribution in [0.1, 0.15) is 13.8 Å². The van der Waals surface area contributed by atoms with Crippen molar-refractivity contribution in [2.75, 3.05) is 6.38 Å². The minimum Gasteiger partial charge on any atom is -0.455 e. The van der Waals surface area contributed by atoms with Gasteiger partial charge >= 0.3 is 0 Å². The van der Waals surface area contributed by atoms with Crippen molar-refractivity contribution in [3.05, 3.63) is 158 Å². The second-order valence-electron chi connectivity index (χ2n) is 12.5. The Kier molecular flexibility index (Phi) is 8.92. The van der Waals surface area contributed by atoms with Crippen LogP contribution in [-0.4, -0.2) is 11.4 Å². The Bertz CT molecular complexity index is 2870. The summed E-state index contributed by atoms with van der Waals surface area (Å²) in [7, 11) is 0. The number of thiophene rings is 1. The topological polar surface area (TPSA) is 28.9 Å². The van der Waals surface area contributed by atoms with Crippen LogP contribution < -0.4 is 0 Å². The predicted molar refractivity (Wildman–Crippen MR) is 225 cm³/mol. The molecule has 3 heterocycles. The van der Waals surface area contributed by atoms with Crippen molar-refractivity contribution in [2.24, 2.45) is 0 Å². The average Bonchev–Trinajstić information content (AvgIpc) is 3.89. The molecule has 2 nitrogen and oxygen atoms in total. The van der Waals surface area contributed by atoms with Gasteiger partial charge in [0.1, 0.15) is 11.2 Å². The largest absolute Gasteiger partial charge is 0.455 e. The van der Waals surface area contributed by atoms with Gasteiger partial charge in [0.25, 0.3) is 0 Å². The first-order chi connectivity index (χ1) is 25.2. The molecule has 1 N–H and O–H groups in total. The van der Waals surface area contributed by atoms with Gasteiger partial charge in [0, 0.05) is 64.7 Å². The fourth-order valence-electron chi connectivity index (χ4n) is 7.08. The van der Waals surface area contributed by atoms with Crippen LogP contribution in [0, 0.1) is 0 Å². The summed E-state index contributed by atoms with van der Waals surface area (Å²) in [5, 5.41) is 7.39. The van der Waals surface area contributed by atoms with Gasteiger partial charge in [-0.1, -0.05) is 121 Å². The van der Waals surface area contributed by atoms with Gasteiger partial charge in [0.15, 0.2) is 0 Å². The number of nitrogens with one attached hydrogen (secondary N) is 1. The molecular formula is C47H36ClNOS. The molecule has 0 fully saturated rings. The normalized spacial score (nSPS) is 11.5. The number of alkyl halides is 1. The fourth-order valence-corrected chi connectivity index (χ4v) is 8.22. The lowest BCUT2D eigenvalue weighted by atomic mass is 9.96. The van der Waals surface area contributed by atoms with Gasteiger partial charge in [-0.3, -0.25) is 0 Å². The molecule has 7 aromatic carbocycles. The summed E-state index contributed by atoms with van der Waals surface area (Å²) >= 11 is 6.50. The minimum atomic E-state index is 0.920. The van der Waals surface area contributed by atoms with E-state index in [2.05, 4.69) is 150 Å². The molecule has 0 radical (unpaired) electrons. The number of benzene rings is 7. The zero-order valence-electron chi connectivity index (χ0n) is 28.7. The van der Waals surface area contributed by atoms with Crippen LogP contribution >= 0.6 is 22.9 Å². The van der Waals surface area contributed by atoms with E-state index in [4.69, 9.17) is 4.42 Å². The monoisotopic (exact) mass is 697 g/mol. The molecule has 0 amide bonds. The molecule has 0 aliphatic heterocycles. The molecule has 248 valence electrons. The summed E-state index contributed by atoms with van der Waals surface area (Å²) in [4.78, 5) is 3.76. The fraction of sp³-hybridized carbons (Fsp3) is 0.0638. The molecule has 0 saturated heterocycles. The van der Waals surface area contributed by atoms with Gasteiger partial charge < -0.3 is 9.40 Å². The summed E-state index contributed by atoms with van der Waals surface area (Å²) in [6, 6.07) is 52.5. The number of para-hydroxylation sites is 3. The lowest BCUT2D eigenvalue weighted by Crippen LogP contribution is -1.83. The second-order valence-corrected chi connectivity index (χ2v) is 13.5. The highest BCUT2D eigenvalue weighted by Crippen LogP contribution is 2.41. The number of allylic oxidation sites excluding steroid dienone is 2. The van der Waals surface area contributed by atoms with Crippen LogP contribution in [0.4, 0.5) is 0 Å². The molecule has 0 saturated carbocycles. The van der Waals surface area contributed by atoms with E-state index in [0.717, 1.165) is 44.1 Å². The van der Waals surface area contributed by atoms with E-state index in [1.165, 1.54) is 59.6 Å². The summed E-state index contributed by atoms with van der Waals surface area (Å²) in [5.74, 6) is 0. The number of H-pyrrole nitrogens is 1. The number of aromatic amines is 1. The molecule has 3 aromatic heterocycles. The summed E-state index contributed by atoms with van der Waals surface area (Å²) in [6.45, 7) is 4.00. The third kappa shape index (κ3) is 5.79. The van der Waals surface area contributed by atoms with Crippen molar-refractivity contribution < 1.29 is 4.42 Å². The Morgan fingerprint density at radius 1 is 0.490 bits per heavy atom. The Balaban J connectivity index is 0.000000585. The zero-order chi connectivity index (χ0) is 34.9. The number of furan rings is 1. The maximum atomic E-state index is 6.38. The first-order valence-corrected chi connectivity index (χ1v) is 18.7. The summed E-state index contributed by atoms with van der Waals surface area (Å²) in [6.07, 6.45) is 5.47. The third-order valence-corrected chi connectivity index (χ3v) is 10.7. The van der Waals surface area contributed by atoms with E-state index in [0.29, 0.717) is 0 Å². The maximum Gasteiger partial charge on any atom is 0.143 e. The Hall–Kier alpha value is -5.61. The number of fused-ring (bicyclic) bond motifs is 9. The number of rotatable bonds is 3. The van der Waals surface area contributed by atoms with Crippen molar-refractivity contribution in [3.63, 3.8) is 0 Å². The maximum absolute atomic E-state index is 6.38. The van der Waals surface area contributed by atoms with E-state index >= 15 is 0 Å². The van der Waals surface area contributed by atoms with Gasteiger partial charge in [0.2, 0.25) is 0 Å². The van der Waals surface area contributed by atoms with Crippen LogP contribution in [0.5, 0.6) is 0 Å². The number of halogens is 1. The van der Waals surface area contributed by atoms with Crippen molar-refractivity contribution in [1.82, 2.24) is 4.98 Å². The van der Waals surface area contributed by atoms with Crippen LogP contribution in [0.15, 0.2) is 162 Å². The lowest BCUT2D eigenvalue weighted by molar-refractivity contribution is 0.670. The quantitative estimate of drug-likeness (QED) is 0.144. The third-order valence-electron chi connectivity index (χ3n) is 9.57. The second kappa shape index (κ2) is 14.0. The van der Waals surface area contributed by atoms with Crippen LogP contribution in [-0.2, 0) is 0 Å². The zero-order valence-corrected chi connectivity index (χ0v) is 30.3. The van der Waals surface area contributed by atoms with Gasteiger partial charge in [-0.15, -0.1) is 22.9 Å². The molecule has 0 spiro atoms. The van der Waals surface area contributed by atoms with Crippen LogP contribution in [0.25, 0.3) is 97.3 Å². The highest BCUT2D eigenvalue weighted by Gasteiger charge is 2.15. The Morgan fingerprint density at radius 3 is 1.96 bits per heavy atom. The molecular weight excluding hydrogens is 662 g/mol. The molecule has 0 unspecified atom stereocenters. The van der Waals surface area contributed by atoms with Crippen molar-refractivity contribution in [1.29, 1.82) is 0 Å². The van der Waals surface area contributed by atoms with E-state index in [1.807, 2.05) is 49.5 Å². The SMILES string of the molecule is C/C=C\C.CCl.c1cc(-c2ccc3c(c2)sc2ccccc23)cc(-c2cccc3c2[nH]c2ccc(-c4cccc5c4oc4ccccc45)cc23)c1. The first kappa shape index (κ1) is 32.6. The first-order valence-electron chi connectivity index (χ1n) is 17.1. The van der Waals surface area contributed by atoms with Gasteiger partial charge in [-0.25, -0.2) is 0 Å². The minimum absolute atomic E-state index is 0.920. The van der Waals surface area contributed by atoms with Gasteiger partial charge in [-0.2, -0.15) is 0 Å². The molecule has 51 heavy (non-hydrogen) atoms. The number of aromatic nitrogens is 1. The lowest BCUT2D eigenvalue weighted by Gasteiger charge is -2.08. The van der Waals surface area contributed by atoms with Crippen LogP contribution in [0.2, 0.25) is 0 Å². The summed E-state index contributed by atoms with van der Waals surface area (Å²) < 4.78 is 9.03. The van der Waals surface area contributed by atoms with E-state index < -0.39 is 0 Å². The molecule has 0 aliphatic carbocycles. The van der Waals surface area contributed by atoms with Crippen LogP contribution in [0.3, 0.4) is 0 Å². The smallest absolute Gasteiger partial charge is 0.143 e. The molecule has 4 heteroatoms. The highest BCUT2D eigenvalue weighted by molar-refractivity contribution is 7.25. The Morgan fingerprint density at radius 2 is 1.12 bits per heavy atom. The molecule has 0 aliphatic rings. The molecule has 0 bridgehead atoms. The van der Waals surface area contributed by atoms with Crippen molar-refractivity contribution in [2.45, 2.75) is 13.8 Å². The van der Waals surface area contributed by atoms with Crippen molar-refractivity contribution >= 4 is 86.9 Å². The number of hydrogen-bond donors (Lipinski definition) is 1. The number of hydrogen-bond acceptors (Lipinski definition) is 2. The van der Waals surface area contributed by atoms with Gasteiger partial charge in [0.05, 0.1) is 5.52 Å². The Labute approximate surface area is 306 Å². The van der Waals surface area contributed by atoms with E-state index in [9.17, 15) is 0 Å².